The van der Waals surface area contributed by atoms with Crippen LogP contribution in [0.3, 0.4) is 0 Å². The van der Waals surface area contributed by atoms with Crippen LogP contribution >= 0.6 is 0 Å². The summed E-state index contributed by atoms with van der Waals surface area (Å²) >= 11 is 0. The molecule has 0 spiro atoms. The first-order valence-corrected chi connectivity index (χ1v) is 14.5. The highest BCUT2D eigenvalue weighted by Crippen LogP contribution is 2.40. The zero-order valence-corrected chi connectivity index (χ0v) is 21.4. The first-order chi connectivity index (χ1) is 17.1. The molecule has 36 heavy (non-hydrogen) atoms. The van der Waals surface area contributed by atoms with Crippen molar-refractivity contribution in [1.82, 2.24) is 14.9 Å². The minimum Gasteiger partial charge on any atom is -0.496 e. The zero-order chi connectivity index (χ0) is 25.9. The molecule has 1 fully saturated rings. The smallest absolute Gasteiger partial charge is 0.270 e. The van der Waals surface area contributed by atoms with Gasteiger partial charge in [-0.05, 0) is 50.6 Å². The van der Waals surface area contributed by atoms with Gasteiger partial charge in [-0.2, -0.15) is 0 Å². The number of fused-ring (bicyclic) bond motifs is 1. The van der Waals surface area contributed by atoms with E-state index in [4.69, 9.17) is 4.74 Å². The Kier molecular flexibility index (Phi) is 7.52. The lowest BCUT2D eigenvalue weighted by molar-refractivity contribution is -0.121. The molecule has 4 rings (SSSR count). The topological polar surface area (TPSA) is 151 Å². The van der Waals surface area contributed by atoms with Gasteiger partial charge in [0.05, 0.1) is 24.4 Å². The lowest BCUT2D eigenvalue weighted by atomic mass is 10.0. The fourth-order valence-corrected chi connectivity index (χ4v) is 6.63. The van der Waals surface area contributed by atoms with E-state index in [2.05, 4.69) is 14.9 Å². The van der Waals surface area contributed by atoms with Crippen LogP contribution in [0.25, 0.3) is 0 Å². The third kappa shape index (κ3) is 5.47. The van der Waals surface area contributed by atoms with Crippen LogP contribution in [0.1, 0.15) is 41.6 Å². The highest BCUT2D eigenvalue weighted by atomic mass is 32.2. The van der Waals surface area contributed by atoms with Crippen LogP contribution in [-0.2, 0) is 31.3 Å². The Morgan fingerprint density at radius 2 is 1.83 bits per heavy atom. The summed E-state index contributed by atoms with van der Waals surface area (Å²) in [4.78, 5) is 26.8. The van der Waals surface area contributed by atoms with Gasteiger partial charge in [-0.25, -0.2) is 21.6 Å². The molecule has 0 saturated carbocycles. The number of piperidine rings is 1. The number of anilines is 1. The predicted octanol–water partition coefficient (Wildman–Crippen LogP) is 1.42. The maximum atomic E-state index is 13.0. The van der Waals surface area contributed by atoms with E-state index in [0.29, 0.717) is 6.67 Å². The lowest BCUT2D eigenvalue weighted by Crippen LogP contribution is -2.40. The quantitative estimate of drug-likeness (QED) is 0.435. The normalized spacial score (nSPS) is 17.2. The van der Waals surface area contributed by atoms with Gasteiger partial charge < -0.3 is 10.1 Å². The van der Waals surface area contributed by atoms with Crippen molar-refractivity contribution < 1.29 is 31.2 Å². The Morgan fingerprint density at radius 1 is 1.14 bits per heavy atom. The van der Waals surface area contributed by atoms with E-state index in [1.165, 1.54) is 25.7 Å². The van der Waals surface area contributed by atoms with Gasteiger partial charge in [-0.15, -0.1) is 0 Å². The van der Waals surface area contributed by atoms with Gasteiger partial charge >= 0.3 is 0 Å². The van der Waals surface area contributed by atoms with Crippen molar-refractivity contribution in [1.29, 1.82) is 0 Å². The number of nitrogens with one attached hydrogen (secondary N) is 3. The van der Waals surface area contributed by atoms with Gasteiger partial charge in [-0.3, -0.25) is 19.2 Å². The summed E-state index contributed by atoms with van der Waals surface area (Å²) in [5.74, 6) is -1.24. The second-order valence-electron chi connectivity index (χ2n) is 8.60. The van der Waals surface area contributed by atoms with E-state index < -0.39 is 30.8 Å². The summed E-state index contributed by atoms with van der Waals surface area (Å²) in [6.07, 6.45) is 3.31. The molecular formula is C23H28N4O7S2. The van der Waals surface area contributed by atoms with E-state index in [9.17, 15) is 26.4 Å². The van der Waals surface area contributed by atoms with E-state index in [1.54, 1.807) is 18.2 Å². The maximum Gasteiger partial charge on any atom is 0.270 e. The highest BCUT2D eigenvalue weighted by molar-refractivity contribution is 7.92. The van der Waals surface area contributed by atoms with E-state index >= 15 is 0 Å². The third-order valence-corrected chi connectivity index (χ3v) is 8.88. The van der Waals surface area contributed by atoms with Crippen LogP contribution in [0.15, 0.2) is 46.2 Å². The van der Waals surface area contributed by atoms with E-state index in [1.807, 2.05) is 4.72 Å². The number of likely N-dealkylation sites (tertiary alicyclic amines) is 1. The monoisotopic (exact) mass is 536 g/mol. The van der Waals surface area contributed by atoms with Crippen molar-refractivity contribution in [3.05, 3.63) is 47.5 Å². The van der Waals surface area contributed by atoms with Gasteiger partial charge in [0, 0.05) is 12.0 Å². The molecule has 1 saturated heterocycles. The van der Waals surface area contributed by atoms with Crippen LogP contribution < -0.4 is 19.5 Å². The molecule has 0 atom stereocenters. The molecule has 0 aliphatic carbocycles. The van der Waals surface area contributed by atoms with Crippen LogP contribution in [0, 0.1) is 0 Å². The number of hydrogen-bond acceptors (Lipinski definition) is 8. The summed E-state index contributed by atoms with van der Waals surface area (Å²) in [6.45, 7) is 2.23. The first kappa shape index (κ1) is 25.9. The second-order valence-corrected chi connectivity index (χ2v) is 11.9. The molecule has 2 heterocycles. The molecular weight excluding hydrogens is 508 g/mol. The molecule has 2 aromatic rings. The fraction of sp³-hybridized carbons (Fsp3) is 0.391. The number of amides is 2. The summed E-state index contributed by atoms with van der Waals surface area (Å²) in [5.41, 5.74) is -0.0987. The number of benzene rings is 2. The lowest BCUT2D eigenvalue weighted by Gasteiger charge is -2.26. The third-order valence-electron chi connectivity index (χ3n) is 6.14. The zero-order valence-electron chi connectivity index (χ0n) is 19.7. The van der Waals surface area contributed by atoms with E-state index in [0.717, 1.165) is 32.0 Å². The molecule has 2 amide bonds. The molecule has 0 bridgehead atoms. The molecule has 13 heteroatoms. The number of rotatable bonds is 9. The first-order valence-electron chi connectivity index (χ1n) is 11.5. The predicted molar refractivity (Wildman–Crippen MR) is 132 cm³/mol. The molecule has 194 valence electrons. The Hall–Kier alpha value is -3.16. The van der Waals surface area contributed by atoms with Gasteiger partial charge in [0.2, 0.25) is 5.91 Å². The summed E-state index contributed by atoms with van der Waals surface area (Å²) < 4.78 is 60.8. The molecule has 2 aliphatic heterocycles. The summed E-state index contributed by atoms with van der Waals surface area (Å²) in [6, 6.07) is 8.64. The van der Waals surface area contributed by atoms with Crippen LogP contribution in [0.4, 0.5) is 5.69 Å². The molecule has 0 radical (unpaired) electrons. The number of sulfonamides is 2. The summed E-state index contributed by atoms with van der Waals surface area (Å²) in [7, 11) is -7.05. The van der Waals surface area contributed by atoms with Crippen molar-refractivity contribution in [3.8, 4) is 5.75 Å². The number of carbonyl (C=O) groups is 2. The van der Waals surface area contributed by atoms with Crippen molar-refractivity contribution in [2.45, 2.75) is 41.9 Å². The van der Waals surface area contributed by atoms with E-state index in [-0.39, 0.29) is 46.2 Å². The van der Waals surface area contributed by atoms with Gasteiger partial charge in [0.1, 0.15) is 16.2 Å². The Labute approximate surface area is 210 Å². The number of ether oxygens (including phenoxy) is 1. The van der Waals surface area contributed by atoms with Gasteiger partial charge in [-0.1, -0.05) is 24.6 Å². The minimum atomic E-state index is -4.20. The highest BCUT2D eigenvalue weighted by Gasteiger charge is 2.38. The fourth-order valence-electron chi connectivity index (χ4n) is 4.34. The molecule has 2 aliphatic rings. The maximum absolute atomic E-state index is 13.0. The average molecular weight is 537 g/mol. The number of nitrogens with zero attached hydrogens (tertiary/aromatic N) is 1. The molecule has 0 aromatic heterocycles. The van der Waals surface area contributed by atoms with Crippen LogP contribution in [0.5, 0.6) is 5.75 Å². The van der Waals surface area contributed by atoms with Gasteiger partial charge in [0.15, 0.2) is 0 Å². The molecule has 3 N–H and O–H groups in total. The molecule has 11 nitrogen and oxygen atoms in total. The Balaban J connectivity index is 1.65. The standard InChI is InChI=1S/C23H28N4O7S2/c1-34-22-17(10-11-20(28)24-15-27-12-6-3-7-13-27)18(14-19-21(22)23(29)26-36(19,32)33)25-35(30,31)16-8-4-2-5-9-16/h2,4-5,8-9,14,25H,3,6-7,10-13,15H2,1H3,(H,24,28)(H,26,29). The molecule has 2 aromatic carbocycles. The number of hydrogen-bond donors (Lipinski definition) is 3. The van der Waals surface area contributed by atoms with Crippen molar-refractivity contribution in [3.63, 3.8) is 0 Å². The molecule has 0 unspecified atom stereocenters. The van der Waals surface area contributed by atoms with Crippen LogP contribution in [-0.4, -0.2) is 60.4 Å². The number of methoxy groups -OCH3 is 1. The van der Waals surface area contributed by atoms with Crippen molar-refractivity contribution in [2.24, 2.45) is 0 Å². The average Bonchev–Trinajstić information content (AvgIpc) is 3.09. The van der Waals surface area contributed by atoms with Crippen molar-refractivity contribution in [2.75, 3.05) is 31.6 Å². The minimum absolute atomic E-state index is 0.00224. The largest absolute Gasteiger partial charge is 0.496 e. The second kappa shape index (κ2) is 10.4. The Morgan fingerprint density at radius 3 is 2.50 bits per heavy atom. The SMILES string of the molecule is COc1c(CCC(=O)NCN2CCCCC2)c(NS(=O)(=O)c2ccccc2)cc2c1C(=O)NS2(=O)=O. The van der Waals surface area contributed by atoms with Crippen LogP contribution in [0.2, 0.25) is 0 Å². The Bertz CT molecular complexity index is 1370. The summed E-state index contributed by atoms with van der Waals surface area (Å²) in [5, 5.41) is 2.86. The van der Waals surface area contributed by atoms with Crippen molar-refractivity contribution >= 4 is 37.5 Å². The van der Waals surface area contributed by atoms with Gasteiger partial charge in [0.25, 0.3) is 26.0 Å². The number of carbonyl (C=O) groups excluding carboxylic acids is 2.